The van der Waals surface area contributed by atoms with E-state index >= 15 is 0 Å². The summed E-state index contributed by atoms with van der Waals surface area (Å²) in [5, 5.41) is 19.8. The Morgan fingerprint density at radius 2 is 2.32 bits per heavy atom. The molecule has 0 radical (unpaired) electrons. The van der Waals surface area contributed by atoms with Gasteiger partial charge in [0.1, 0.15) is 5.69 Å². The molecule has 7 nitrogen and oxygen atoms in total. The molecular formula is C11H11FN2O5. The second-order valence-electron chi connectivity index (χ2n) is 4.01. The van der Waals surface area contributed by atoms with E-state index in [4.69, 9.17) is 9.84 Å². The van der Waals surface area contributed by atoms with E-state index in [-0.39, 0.29) is 25.4 Å². The third-order valence-electron chi connectivity index (χ3n) is 2.83. The largest absolute Gasteiger partial charge is 0.479 e. The fourth-order valence-electron chi connectivity index (χ4n) is 1.96. The number of nitro groups is 1. The van der Waals surface area contributed by atoms with Gasteiger partial charge in [-0.1, -0.05) is 6.07 Å². The van der Waals surface area contributed by atoms with Crippen LogP contribution in [0.3, 0.4) is 0 Å². The van der Waals surface area contributed by atoms with Gasteiger partial charge in [0.05, 0.1) is 18.1 Å². The van der Waals surface area contributed by atoms with E-state index < -0.39 is 28.5 Å². The Morgan fingerprint density at radius 3 is 2.95 bits per heavy atom. The van der Waals surface area contributed by atoms with Crippen molar-refractivity contribution in [2.24, 2.45) is 0 Å². The summed E-state index contributed by atoms with van der Waals surface area (Å²) in [6.07, 6.45) is -1.07. The van der Waals surface area contributed by atoms with Crippen molar-refractivity contribution < 1.29 is 24.0 Å². The summed E-state index contributed by atoms with van der Waals surface area (Å²) in [6.45, 7) is 0.332. The van der Waals surface area contributed by atoms with Crippen LogP contribution < -0.4 is 4.90 Å². The van der Waals surface area contributed by atoms with Crippen molar-refractivity contribution >= 4 is 17.3 Å². The monoisotopic (exact) mass is 270 g/mol. The summed E-state index contributed by atoms with van der Waals surface area (Å²) < 4.78 is 18.5. The lowest BCUT2D eigenvalue weighted by Crippen LogP contribution is -2.46. The van der Waals surface area contributed by atoms with Gasteiger partial charge in [-0.2, -0.15) is 4.39 Å². The first kappa shape index (κ1) is 13.2. The van der Waals surface area contributed by atoms with Gasteiger partial charge in [0.15, 0.2) is 6.10 Å². The Bertz CT molecular complexity index is 522. The highest BCUT2D eigenvalue weighted by atomic mass is 19.1. The molecule has 0 aliphatic carbocycles. The van der Waals surface area contributed by atoms with E-state index in [1.807, 2.05) is 0 Å². The maximum atomic E-state index is 13.5. The van der Waals surface area contributed by atoms with Crippen molar-refractivity contribution in [2.75, 3.05) is 24.6 Å². The molecule has 1 aromatic carbocycles. The number of hydrogen-bond acceptors (Lipinski definition) is 5. The summed E-state index contributed by atoms with van der Waals surface area (Å²) in [7, 11) is 0. The van der Waals surface area contributed by atoms with Gasteiger partial charge in [-0.15, -0.1) is 0 Å². The number of halogens is 1. The van der Waals surface area contributed by atoms with Crippen LogP contribution >= 0.6 is 0 Å². The number of benzene rings is 1. The Labute approximate surface area is 107 Å². The van der Waals surface area contributed by atoms with Crippen LogP contribution in [0, 0.1) is 15.9 Å². The molecule has 1 heterocycles. The molecular weight excluding hydrogens is 259 g/mol. The quantitative estimate of drug-likeness (QED) is 0.651. The van der Waals surface area contributed by atoms with Crippen LogP contribution in [0.1, 0.15) is 0 Å². The maximum Gasteiger partial charge on any atom is 0.334 e. The Hall–Kier alpha value is -2.22. The van der Waals surface area contributed by atoms with Crippen LogP contribution in [0.25, 0.3) is 0 Å². The number of nitro benzene ring substituents is 1. The minimum absolute atomic E-state index is 0.0559. The van der Waals surface area contributed by atoms with Crippen LogP contribution in [0.5, 0.6) is 0 Å². The third-order valence-corrected chi connectivity index (χ3v) is 2.83. The Morgan fingerprint density at radius 1 is 1.58 bits per heavy atom. The molecule has 1 atom stereocenters. The molecule has 1 N–H and O–H groups in total. The number of hydrogen-bond donors (Lipinski definition) is 1. The normalized spacial score (nSPS) is 19.2. The molecule has 2 rings (SSSR count). The molecule has 19 heavy (non-hydrogen) atoms. The number of carboxylic acids is 1. The summed E-state index contributed by atoms with van der Waals surface area (Å²) in [4.78, 5) is 22.4. The van der Waals surface area contributed by atoms with E-state index in [2.05, 4.69) is 0 Å². The molecule has 0 bridgehead atoms. The number of para-hydroxylation sites is 1. The molecule has 102 valence electrons. The molecule has 0 saturated carbocycles. The van der Waals surface area contributed by atoms with E-state index in [9.17, 15) is 19.3 Å². The minimum Gasteiger partial charge on any atom is -0.479 e. The number of morpholine rings is 1. The van der Waals surface area contributed by atoms with E-state index in [0.717, 1.165) is 6.07 Å². The second-order valence-corrected chi connectivity index (χ2v) is 4.01. The predicted molar refractivity (Wildman–Crippen MR) is 62.6 cm³/mol. The molecule has 1 unspecified atom stereocenters. The van der Waals surface area contributed by atoms with Crippen molar-refractivity contribution in [3.05, 3.63) is 34.1 Å². The SMILES string of the molecule is O=C(O)C1CN(c2cccc(F)c2[N+](=O)[O-])CCO1. The number of carbonyl (C=O) groups is 1. The number of rotatable bonds is 3. The molecule has 0 spiro atoms. The first-order valence-electron chi connectivity index (χ1n) is 5.53. The number of nitrogens with zero attached hydrogens (tertiary/aromatic N) is 2. The van der Waals surface area contributed by atoms with Crippen molar-refractivity contribution in [2.45, 2.75) is 6.10 Å². The zero-order chi connectivity index (χ0) is 14.0. The zero-order valence-electron chi connectivity index (χ0n) is 9.78. The van der Waals surface area contributed by atoms with Crippen LogP contribution in [-0.2, 0) is 9.53 Å². The van der Waals surface area contributed by atoms with Crippen molar-refractivity contribution in [3.63, 3.8) is 0 Å². The highest BCUT2D eigenvalue weighted by molar-refractivity contribution is 5.74. The standard InChI is InChI=1S/C11H11FN2O5/c12-7-2-1-3-8(10(7)14(17)18)13-4-5-19-9(6-13)11(15)16/h1-3,9H,4-6H2,(H,15,16). The van der Waals surface area contributed by atoms with Crippen LogP contribution in [0.2, 0.25) is 0 Å². The average Bonchev–Trinajstić information content (AvgIpc) is 2.38. The Kier molecular flexibility index (Phi) is 3.61. The molecule has 8 heteroatoms. The first-order valence-corrected chi connectivity index (χ1v) is 5.53. The fraction of sp³-hybridized carbons (Fsp3) is 0.364. The highest BCUT2D eigenvalue weighted by Gasteiger charge is 2.31. The smallest absolute Gasteiger partial charge is 0.334 e. The van der Waals surface area contributed by atoms with Gasteiger partial charge in [-0.05, 0) is 12.1 Å². The highest BCUT2D eigenvalue weighted by Crippen LogP contribution is 2.31. The molecule has 1 saturated heterocycles. The molecule has 1 fully saturated rings. The van der Waals surface area contributed by atoms with Crippen LogP contribution in [0.4, 0.5) is 15.8 Å². The molecule has 1 aliphatic heterocycles. The predicted octanol–water partition coefficient (Wildman–Crippen LogP) is 1.02. The van der Waals surface area contributed by atoms with Gasteiger partial charge in [0.2, 0.25) is 5.82 Å². The third kappa shape index (κ3) is 2.63. The number of ether oxygens (including phenoxy) is 1. The van der Waals surface area contributed by atoms with Gasteiger partial charge in [-0.25, -0.2) is 4.79 Å². The van der Waals surface area contributed by atoms with E-state index in [0.29, 0.717) is 0 Å². The maximum absolute atomic E-state index is 13.5. The zero-order valence-corrected chi connectivity index (χ0v) is 9.78. The average molecular weight is 270 g/mol. The van der Waals surface area contributed by atoms with Gasteiger partial charge >= 0.3 is 11.7 Å². The van der Waals surface area contributed by atoms with E-state index in [1.165, 1.54) is 17.0 Å². The Balaban J connectivity index is 2.34. The molecule has 1 aliphatic rings. The summed E-state index contributed by atoms with van der Waals surface area (Å²) in [6, 6.07) is 3.74. The topological polar surface area (TPSA) is 92.9 Å². The molecule has 0 amide bonds. The van der Waals surface area contributed by atoms with Crippen LogP contribution in [-0.4, -0.2) is 41.8 Å². The summed E-state index contributed by atoms with van der Waals surface area (Å²) in [5.74, 6) is -2.09. The van der Waals surface area contributed by atoms with Crippen molar-refractivity contribution in [1.29, 1.82) is 0 Å². The fourth-order valence-corrected chi connectivity index (χ4v) is 1.96. The van der Waals surface area contributed by atoms with Crippen LogP contribution in [0.15, 0.2) is 18.2 Å². The molecule has 1 aromatic rings. The minimum atomic E-state index is -1.15. The van der Waals surface area contributed by atoms with E-state index in [1.54, 1.807) is 0 Å². The number of carboxylic acid groups (broad SMARTS) is 1. The van der Waals surface area contributed by atoms with Crippen molar-refractivity contribution in [1.82, 2.24) is 0 Å². The van der Waals surface area contributed by atoms with Gasteiger partial charge < -0.3 is 14.7 Å². The lowest BCUT2D eigenvalue weighted by atomic mass is 10.2. The number of aliphatic carboxylic acids is 1. The number of anilines is 1. The second kappa shape index (κ2) is 5.19. The summed E-state index contributed by atoms with van der Waals surface area (Å²) in [5.41, 5.74) is -0.576. The van der Waals surface area contributed by atoms with Gasteiger partial charge in [0, 0.05) is 6.54 Å². The van der Waals surface area contributed by atoms with Crippen molar-refractivity contribution in [3.8, 4) is 0 Å². The van der Waals surface area contributed by atoms with Gasteiger partial charge in [0.25, 0.3) is 0 Å². The van der Waals surface area contributed by atoms with Gasteiger partial charge in [-0.3, -0.25) is 10.1 Å². The molecule has 0 aromatic heterocycles. The lowest BCUT2D eigenvalue weighted by molar-refractivity contribution is -0.386. The first-order chi connectivity index (χ1) is 9.00. The summed E-state index contributed by atoms with van der Waals surface area (Å²) >= 11 is 0. The lowest BCUT2D eigenvalue weighted by Gasteiger charge is -2.32.